The number of carbonyl (C=O) groups excluding carboxylic acids is 2. The Morgan fingerprint density at radius 1 is 0.954 bits per heavy atom. The lowest BCUT2D eigenvalue weighted by molar-refractivity contribution is -0.137. The molecule has 0 radical (unpaired) electrons. The highest BCUT2D eigenvalue weighted by Crippen LogP contribution is 2.46. The number of halogens is 5. The maximum absolute atomic E-state index is 15.5. The highest BCUT2D eigenvalue weighted by molar-refractivity contribution is 7.81. The first-order chi connectivity index (χ1) is 31.0. The van der Waals surface area contributed by atoms with Gasteiger partial charge in [0.05, 0.1) is 51.5 Å². The van der Waals surface area contributed by atoms with Crippen LogP contribution in [0.3, 0.4) is 0 Å². The molecule has 1 fully saturated rings. The molecule has 4 aromatic carbocycles. The van der Waals surface area contributed by atoms with Crippen LogP contribution in [0.25, 0.3) is 10.8 Å². The zero-order chi connectivity index (χ0) is 46.4. The van der Waals surface area contributed by atoms with Crippen LogP contribution >= 0.6 is 12.2 Å². The number of amides is 2. The summed E-state index contributed by atoms with van der Waals surface area (Å²) in [6.07, 6.45) is -0.288. The number of aromatic amines is 1. The summed E-state index contributed by atoms with van der Waals surface area (Å²) in [4.78, 5) is 45.8. The number of anilines is 4. The number of rotatable bonds is 13. The number of hydrogen-bond acceptors (Lipinski definition) is 10. The average molecular weight is 910 g/mol. The van der Waals surface area contributed by atoms with Crippen LogP contribution in [-0.2, 0) is 18.0 Å². The molecule has 4 N–H and O–H groups in total. The first-order valence-corrected chi connectivity index (χ1v) is 20.9. The summed E-state index contributed by atoms with van der Waals surface area (Å²) in [7, 11) is 1.77. The summed E-state index contributed by atoms with van der Waals surface area (Å²) in [5.74, 6) is -2.57. The van der Waals surface area contributed by atoms with Gasteiger partial charge in [0.15, 0.2) is 5.11 Å². The number of alkyl halides is 3. The quantitative estimate of drug-likeness (QED) is 0.0505. The minimum atomic E-state index is -4.86. The number of nitrogens with zero attached hydrogens (tertiary/aromatic N) is 7. The van der Waals surface area contributed by atoms with Gasteiger partial charge in [-0.3, -0.25) is 24.0 Å². The summed E-state index contributed by atoms with van der Waals surface area (Å²) >= 11 is 5.54. The highest BCUT2D eigenvalue weighted by atomic mass is 32.1. The SMILES string of the molecule is Cn1ncnc1[C@H]1c2n[nH]c(=O)c3cc(F)cc(c23)N[C@@H]1c1ccc(NCCCCCCNC(=O)c2ccc(N3C(=S)N(c4ccc(C#N)c(C(F)(F)F)c4)C(=O)C3(C)C)cc2F)cc1. The molecule has 0 spiro atoms. The van der Waals surface area contributed by atoms with Gasteiger partial charge in [-0.15, -0.1) is 0 Å². The van der Waals surface area contributed by atoms with Crippen molar-refractivity contribution < 1.29 is 31.5 Å². The van der Waals surface area contributed by atoms with E-state index in [0.29, 0.717) is 48.2 Å². The molecule has 2 amide bonds. The van der Waals surface area contributed by atoms with Gasteiger partial charge in [-0.25, -0.2) is 18.9 Å². The van der Waals surface area contributed by atoms with E-state index in [0.717, 1.165) is 47.5 Å². The molecule has 2 atom stereocenters. The van der Waals surface area contributed by atoms with E-state index in [-0.39, 0.29) is 27.4 Å². The highest BCUT2D eigenvalue weighted by Gasteiger charge is 2.51. The third-order valence-corrected chi connectivity index (χ3v) is 12.0. The van der Waals surface area contributed by atoms with Crippen molar-refractivity contribution in [3.63, 3.8) is 0 Å². The van der Waals surface area contributed by atoms with E-state index < -0.39 is 63.8 Å². The summed E-state index contributed by atoms with van der Waals surface area (Å²) < 4.78 is 72.9. The third kappa shape index (κ3) is 8.34. The zero-order valence-electron chi connectivity index (χ0n) is 35.1. The molecule has 8 rings (SSSR count). The van der Waals surface area contributed by atoms with Crippen molar-refractivity contribution in [2.75, 3.05) is 33.5 Å². The van der Waals surface area contributed by atoms with E-state index in [2.05, 4.69) is 36.2 Å². The maximum atomic E-state index is 15.5. The lowest BCUT2D eigenvalue weighted by atomic mass is 9.83. The molecule has 2 aromatic heterocycles. The van der Waals surface area contributed by atoms with Crippen LogP contribution in [0.15, 0.2) is 83.9 Å². The number of hydrogen-bond donors (Lipinski definition) is 4. The van der Waals surface area contributed by atoms with Crippen molar-refractivity contribution in [2.45, 2.75) is 63.2 Å². The molecule has 0 unspecified atom stereocenters. The third-order valence-electron chi connectivity index (χ3n) is 11.6. The molecule has 20 heteroatoms. The minimum Gasteiger partial charge on any atom is -0.385 e. The smallest absolute Gasteiger partial charge is 0.385 e. The van der Waals surface area contributed by atoms with Crippen molar-refractivity contribution >= 4 is 62.7 Å². The fourth-order valence-electron chi connectivity index (χ4n) is 8.40. The van der Waals surface area contributed by atoms with Crippen LogP contribution in [0.4, 0.5) is 44.7 Å². The first-order valence-electron chi connectivity index (χ1n) is 20.5. The molecule has 334 valence electrons. The molecule has 0 saturated carbocycles. The Labute approximate surface area is 373 Å². The van der Waals surface area contributed by atoms with E-state index >= 15 is 4.39 Å². The molecular formula is C45H40F5N11O3S. The second-order valence-electron chi connectivity index (χ2n) is 16.2. The molecule has 1 saturated heterocycles. The van der Waals surface area contributed by atoms with Gasteiger partial charge < -0.3 is 20.9 Å². The van der Waals surface area contributed by atoms with Gasteiger partial charge >= 0.3 is 6.18 Å². The van der Waals surface area contributed by atoms with E-state index in [9.17, 15) is 37.2 Å². The maximum Gasteiger partial charge on any atom is 0.417 e. The monoisotopic (exact) mass is 909 g/mol. The lowest BCUT2D eigenvalue weighted by Gasteiger charge is -2.33. The van der Waals surface area contributed by atoms with Gasteiger partial charge in [0.1, 0.15) is 29.3 Å². The predicted molar refractivity (Wildman–Crippen MR) is 236 cm³/mol. The van der Waals surface area contributed by atoms with Gasteiger partial charge in [-0.1, -0.05) is 25.0 Å². The van der Waals surface area contributed by atoms with Crippen LogP contribution in [0.5, 0.6) is 0 Å². The van der Waals surface area contributed by atoms with Gasteiger partial charge in [0, 0.05) is 42.6 Å². The second-order valence-corrected chi connectivity index (χ2v) is 16.6. The van der Waals surface area contributed by atoms with E-state index in [1.807, 2.05) is 24.3 Å². The van der Waals surface area contributed by atoms with Gasteiger partial charge in [-0.2, -0.15) is 28.6 Å². The minimum absolute atomic E-state index is 0.117. The van der Waals surface area contributed by atoms with Gasteiger partial charge in [0.25, 0.3) is 17.4 Å². The fourth-order valence-corrected chi connectivity index (χ4v) is 8.92. The molecule has 2 aliphatic heterocycles. The number of nitriles is 1. The predicted octanol–water partition coefficient (Wildman–Crippen LogP) is 7.84. The Kier molecular flexibility index (Phi) is 11.8. The van der Waals surface area contributed by atoms with Crippen LogP contribution < -0.4 is 31.3 Å². The summed E-state index contributed by atoms with van der Waals surface area (Å²) in [5, 5.41) is 30.5. The van der Waals surface area contributed by atoms with Crippen molar-refractivity contribution in [3.8, 4) is 6.07 Å². The topological polar surface area (TPSA) is 177 Å². The van der Waals surface area contributed by atoms with Crippen molar-refractivity contribution in [1.29, 1.82) is 5.26 Å². The molecule has 65 heavy (non-hydrogen) atoms. The molecule has 4 heterocycles. The van der Waals surface area contributed by atoms with Crippen LogP contribution in [0.2, 0.25) is 0 Å². The number of carbonyl (C=O) groups is 2. The molecule has 14 nitrogen and oxygen atoms in total. The standard InChI is InChI=1S/C45H40F5N11O3S/c1-44(2)42(64)60(28-13-10-25(22-51)32(20-28)45(48,49)50)43(65)61(44)29-14-15-30(33(47)21-29)40(62)53-17-7-5-4-6-16-52-27-11-8-24(9-12-27)37-36(39-54-23-55-59(39)3)38-35-31(41(63)58-57-38)18-26(46)19-34(35)56-37/h8-15,18-21,23,36-37,52,56H,4-7,16-17H2,1-3H3,(H,53,62)(H,58,63)/t36-,37-/m1/s1. The Morgan fingerprint density at radius 3 is 2.35 bits per heavy atom. The van der Waals surface area contributed by atoms with Crippen molar-refractivity contribution in [3.05, 3.63) is 135 Å². The van der Waals surface area contributed by atoms with E-state index in [4.69, 9.17) is 12.2 Å². The first kappa shape index (κ1) is 44.3. The summed E-state index contributed by atoms with van der Waals surface area (Å²) in [6, 6.07) is 18.0. The fraction of sp³-hybridized carbons (Fsp3) is 0.289. The molecule has 0 aliphatic carbocycles. The molecule has 0 bridgehead atoms. The Bertz CT molecular complexity index is 2970. The number of benzene rings is 4. The van der Waals surface area contributed by atoms with Crippen LogP contribution in [0, 0.1) is 23.0 Å². The number of nitrogens with one attached hydrogen (secondary N) is 4. The molecule has 2 aliphatic rings. The van der Waals surface area contributed by atoms with E-state index in [1.54, 1.807) is 11.7 Å². The Morgan fingerprint density at radius 2 is 1.68 bits per heavy atom. The second kappa shape index (κ2) is 17.4. The number of unbranched alkanes of at least 4 members (excludes halogenated alkanes) is 3. The Hall–Kier alpha value is -7.27. The van der Waals surface area contributed by atoms with Crippen LogP contribution in [0.1, 0.15) is 90.1 Å². The van der Waals surface area contributed by atoms with E-state index in [1.165, 1.54) is 61.5 Å². The average Bonchev–Trinajstić information content (AvgIpc) is 3.77. The normalized spacial score (nSPS) is 16.7. The summed E-state index contributed by atoms with van der Waals surface area (Å²) in [6.45, 7) is 3.96. The van der Waals surface area contributed by atoms with Crippen LogP contribution in [-0.4, -0.2) is 60.5 Å². The molecule has 6 aromatic rings. The zero-order valence-corrected chi connectivity index (χ0v) is 35.9. The Balaban J connectivity index is 0.820. The van der Waals surface area contributed by atoms with Gasteiger partial charge in [-0.05, 0) is 105 Å². The number of H-pyrrole nitrogens is 1. The van der Waals surface area contributed by atoms with Crippen molar-refractivity contribution in [2.24, 2.45) is 7.05 Å². The van der Waals surface area contributed by atoms with Gasteiger partial charge in [0.2, 0.25) is 0 Å². The number of aromatic nitrogens is 5. The number of thiocarbonyl (C=S) groups is 1. The number of aryl methyl sites for hydroxylation is 1. The van der Waals surface area contributed by atoms with Crippen molar-refractivity contribution in [1.82, 2.24) is 30.3 Å². The lowest BCUT2D eigenvalue weighted by Crippen LogP contribution is -2.44. The largest absolute Gasteiger partial charge is 0.417 e. The summed E-state index contributed by atoms with van der Waals surface area (Å²) in [5.41, 5.74) is -1.30. The molecular weight excluding hydrogens is 870 g/mol.